The van der Waals surface area contributed by atoms with Crippen LogP contribution in [0.1, 0.15) is 26.2 Å². The molecule has 0 spiro atoms. The van der Waals surface area contributed by atoms with Gasteiger partial charge in [0.1, 0.15) is 4.90 Å². The zero-order chi connectivity index (χ0) is 20.2. The maximum absolute atomic E-state index is 13.0. The fourth-order valence-electron chi connectivity index (χ4n) is 2.89. The first-order chi connectivity index (χ1) is 12.5. The summed E-state index contributed by atoms with van der Waals surface area (Å²) in [6, 6.07) is 3.74. The normalized spacial score (nSPS) is 17.8. The molecule has 2 N–H and O–H groups in total. The molecule has 0 saturated carbocycles. The molecule has 2 rings (SSSR count). The van der Waals surface area contributed by atoms with Gasteiger partial charge in [-0.25, -0.2) is 8.42 Å². The lowest BCUT2D eigenvalue weighted by atomic mass is 10.0. The number of non-ortho nitro benzene ring substituents is 1. The number of anilines is 1. The van der Waals surface area contributed by atoms with Crippen LogP contribution in [0.2, 0.25) is 0 Å². The Kier molecular flexibility index (Phi) is 6.79. The highest BCUT2D eigenvalue weighted by Crippen LogP contribution is 2.31. The summed E-state index contributed by atoms with van der Waals surface area (Å²) in [5, 5.41) is 24.6. The van der Waals surface area contributed by atoms with Gasteiger partial charge in [0.25, 0.3) is 5.69 Å². The lowest BCUT2D eigenvalue weighted by molar-refractivity contribution is -0.385. The van der Waals surface area contributed by atoms with Crippen LogP contribution in [0, 0.1) is 10.1 Å². The summed E-state index contributed by atoms with van der Waals surface area (Å²) in [5.74, 6) is 0. The molecule has 0 aromatic heterocycles. The molecule has 1 unspecified atom stereocenters. The minimum atomic E-state index is -3.84. The van der Waals surface area contributed by atoms with Gasteiger partial charge in [-0.05, 0) is 46.3 Å². The highest BCUT2D eigenvalue weighted by atomic mass is 32.2. The second-order valence-electron chi connectivity index (χ2n) is 7.45. The Balaban J connectivity index is 2.29. The molecule has 27 heavy (non-hydrogen) atoms. The number of nitrogens with zero attached hydrogens (tertiary/aromatic N) is 3. The molecule has 152 valence electrons. The molecule has 1 fully saturated rings. The highest BCUT2D eigenvalue weighted by molar-refractivity contribution is 7.89. The first-order valence-electron chi connectivity index (χ1n) is 8.92. The molecule has 0 bridgehead atoms. The molecule has 1 heterocycles. The summed E-state index contributed by atoms with van der Waals surface area (Å²) in [5.41, 5.74) is -1.07. The summed E-state index contributed by atoms with van der Waals surface area (Å²) in [4.78, 5) is 12.3. The van der Waals surface area contributed by atoms with Crippen LogP contribution in [0.15, 0.2) is 23.1 Å². The van der Waals surface area contributed by atoms with E-state index in [0.29, 0.717) is 26.1 Å². The fraction of sp³-hybridized carbons (Fsp3) is 0.647. The minimum Gasteiger partial charge on any atom is -0.388 e. The SMILES string of the molecule is CN(C)CCC(C)(O)CNc1ccc([N+](=O)[O-])cc1S(=O)(=O)N1CCCC1. The molecule has 0 amide bonds. The number of nitro groups is 1. The predicted octanol–water partition coefficient (Wildman–Crippen LogP) is 1.49. The number of hydrogen-bond donors (Lipinski definition) is 2. The third kappa shape index (κ3) is 5.61. The number of rotatable bonds is 9. The lowest BCUT2D eigenvalue weighted by Crippen LogP contribution is -2.37. The van der Waals surface area contributed by atoms with Gasteiger partial charge in [-0.3, -0.25) is 10.1 Å². The fourth-order valence-corrected chi connectivity index (χ4v) is 4.59. The van der Waals surface area contributed by atoms with Crippen molar-refractivity contribution in [3.05, 3.63) is 28.3 Å². The number of aliphatic hydroxyl groups is 1. The van der Waals surface area contributed by atoms with E-state index < -0.39 is 20.5 Å². The second kappa shape index (κ2) is 8.51. The molecule has 1 aromatic carbocycles. The van der Waals surface area contributed by atoms with Crippen molar-refractivity contribution in [3.63, 3.8) is 0 Å². The number of nitro benzene ring substituents is 1. The van der Waals surface area contributed by atoms with E-state index in [-0.39, 0.29) is 22.8 Å². The number of nitrogens with one attached hydrogen (secondary N) is 1. The van der Waals surface area contributed by atoms with Crippen molar-refractivity contribution < 1.29 is 18.4 Å². The van der Waals surface area contributed by atoms with E-state index in [1.807, 2.05) is 19.0 Å². The molecule has 0 aliphatic carbocycles. The van der Waals surface area contributed by atoms with Crippen LogP contribution in [0.5, 0.6) is 0 Å². The number of sulfonamides is 1. The van der Waals surface area contributed by atoms with Crippen molar-refractivity contribution in [2.45, 2.75) is 36.7 Å². The molecule has 10 heteroatoms. The van der Waals surface area contributed by atoms with Gasteiger partial charge in [0, 0.05) is 38.3 Å². The first kappa shape index (κ1) is 21.5. The van der Waals surface area contributed by atoms with Crippen molar-refractivity contribution in [1.29, 1.82) is 0 Å². The largest absolute Gasteiger partial charge is 0.388 e. The van der Waals surface area contributed by atoms with E-state index in [1.54, 1.807) is 6.92 Å². The summed E-state index contributed by atoms with van der Waals surface area (Å²) in [7, 11) is -0.0356. The lowest BCUT2D eigenvalue weighted by Gasteiger charge is -2.27. The molecule has 1 atom stereocenters. The average Bonchev–Trinajstić information content (AvgIpc) is 3.13. The average molecular weight is 401 g/mol. The van der Waals surface area contributed by atoms with Crippen LogP contribution < -0.4 is 5.32 Å². The third-order valence-electron chi connectivity index (χ3n) is 4.62. The molecule has 9 nitrogen and oxygen atoms in total. The van der Waals surface area contributed by atoms with Crippen LogP contribution in [-0.4, -0.2) is 73.5 Å². The monoisotopic (exact) mass is 400 g/mol. The highest BCUT2D eigenvalue weighted by Gasteiger charge is 2.31. The minimum absolute atomic E-state index is 0.123. The van der Waals surface area contributed by atoms with Gasteiger partial charge < -0.3 is 15.3 Å². The maximum atomic E-state index is 13.0. The van der Waals surface area contributed by atoms with E-state index in [0.717, 1.165) is 18.9 Å². The van der Waals surface area contributed by atoms with Crippen molar-refractivity contribution in [1.82, 2.24) is 9.21 Å². The molecular weight excluding hydrogens is 372 g/mol. The molecule has 1 saturated heterocycles. The van der Waals surface area contributed by atoms with Crippen LogP contribution in [0.4, 0.5) is 11.4 Å². The van der Waals surface area contributed by atoms with Crippen LogP contribution in [0.25, 0.3) is 0 Å². The van der Waals surface area contributed by atoms with Gasteiger partial charge in [-0.15, -0.1) is 0 Å². The van der Waals surface area contributed by atoms with Gasteiger partial charge >= 0.3 is 0 Å². The smallest absolute Gasteiger partial charge is 0.270 e. The summed E-state index contributed by atoms with van der Waals surface area (Å²) in [6.07, 6.45) is 2.04. The van der Waals surface area contributed by atoms with E-state index in [1.165, 1.54) is 16.4 Å². The zero-order valence-corrected chi connectivity index (χ0v) is 16.8. The Bertz CT molecular complexity index is 774. The molecule has 1 aliphatic heterocycles. The van der Waals surface area contributed by atoms with Gasteiger partial charge in [0.2, 0.25) is 10.0 Å². The second-order valence-corrected chi connectivity index (χ2v) is 9.36. The van der Waals surface area contributed by atoms with Gasteiger partial charge in [-0.2, -0.15) is 4.31 Å². The quantitative estimate of drug-likeness (QED) is 0.476. The van der Waals surface area contributed by atoms with E-state index in [9.17, 15) is 23.6 Å². The Hall–Kier alpha value is -1.75. The van der Waals surface area contributed by atoms with Crippen molar-refractivity contribution in [3.8, 4) is 0 Å². The predicted molar refractivity (Wildman–Crippen MR) is 103 cm³/mol. The van der Waals surface area contributed by atoms with E-state index >= 15 is 0 Å². The number of hydrogen-bond acceptors (Lipinski definition) is 7. The topological polar surface area (TPSA) is 116 Å². The Morgan fingerprint density at radius 2 is 1.96 bits per heavy atom. The number of benzene rings is 1. The molecule has 0 radical (unpaired) electrons. The van der Waals surface area contributed by atoms with Crippen molar-refractivity contribution >= 4 is 21.4 Å². The molecular formula is C17H28N4O5S. The van der Waals surface area contributed by atoms with Gasteiger partial charge in [-0.1, -0.05) is 0 Å². The summed E-state index contributed by atoms with van der Waals surface area (Å²) >= 11 is 0. The van der Waals surface area contributed by atoms with Crippen LogP contribution in [0.3, 0.4) is 0 Å². The summed E-state index contributed by atoms with van der Waals surface area (Å²) in [6.45, 7) is 3.29. The molecule has 1 aromatic rings. The summed E-state index contributed by atoms with van der Waals surface area (Å²) < 4.78 is 27.3. The van der Waals surface area contributed by atoms with Crippen molar-refractivity contribution in [2.24, 2.45) is 0 Å². The maximum Gasteiger partial charge on any atom is 0.270 e. The van der Waals surface area contributed by atoms with Gasteiger partial charge in [0.15, 0.2) is 0 Å². The Morgan fingerprint density at radius 1 is 1.33 bits per heavy atom. The zero-order valence-electron chi connectivity index (χ0n) is 16.0. The van der Waals surface area contributed by atoms with Crippen molar-refractivity contribution in [2.75, 3.05) is 45.6 Å². The Morgan fingerprint density at radius 3 is 2.52 bits per heavy atom. The van der Waals surface area contributed by atoms with E-state index in [2.05, 4.69) is 5.32 Å². The standard InChI is InChI=1S/C17H28N4O5S/c1-17(22,8-11-19(2)3)13-18-15-7-6-14(21(23)24)12-16(15)27(25,26)20-9-4-5-10-20/h6-7,12,18,22H,4-5,8-11,13H2,1-3H3. The first-order valence-corrected chi connectivity index (χ1v) is 10.4. The molecule has 1 aliphatic rings. The third-order valence-corrected chi connectivity index (χ3v) is 6.55. The van der Waals surface area contributed by atoms with E-state index in [4.69, 9.17) is 0 Å². The van der Waals surface area contributed by atoms with Crippen LogP contribution in [-0.2, 0) is 10.0 Å². The Labute approximate surface area is 160 Å². The van der Waals surface area contributed by atoms with Crippen LogP contribution >= 0.6 is 0 Å². The van der Waals surface area contributed by atoms with Gasteiger partial charge in [0.05, 0.1) is 16.2 Å².